The molecule has 0 saturated heterocycles. The van der Waals surface area contributed by atoms with Crippen LogP contribution in [0.1, 0.15) is 32.4 Å². The molecule has 0 fully saturated rings. The van der Waals surface area contributed by atoms with E-state index in [4.69, 9.17) is 10.3 Å². The highest BCUT2D eigenvalue weighted by molar-refractivity contribution is 6.02. The van der Waals surface area contributed by atoms with Crippen molar-refractivity contribution in [3.05, 3.63) is 112 Å². The standard InChI is InChI=1S/C21H15N3O3/c22-24-23-18-13-11-17(12-14-18)21(26)27-20(16-9-5-2-6-10-16)19(25)15-7-3-1-4-8-15/h1-14,20H. The first-order valence-corrected chi connectivity index (χ1v) is 8.19. The lowest BCUT2D eigenvalue weighted by Gasteiger charge is -2.17. The van der Waals surface area contributed by atoms with E-state index in [2.05, 4.69) is 10.0 Å². The number of nitrogens with zero attached hydrogens (tertiary/aromatic N) is 3. The number of benzene rings is 3. The van der Waals surface area contributed by atoms with Crippen molar-refractivity contribution in [2.45, 2.75) is 6.10 Å². The minimum absolute atomic E-state index is 0.258. The van der Waals surface area contributed by atoms with Crippen LogP contribution >= 0.6 is 0 Å². The third-order valence-corrected chi connectivity index (χ3v) is 3.89. The predicted molar refractivity (Wildman–Crippen MR) is 101 cm³/mol. The number of hydrogen-bond acceptors (Lipinski definition) is 4. The zero-order valence-corrected chi connectivity index (χ0v) is 14.2. The lowest BCUT2D eigenvalue weighted by molar-refractivity contribution is 0.0280. The van der Waals surface area contributed by atoms with E-state index in [-0.39, 0.29) is 11.3 Å². The van der Waals surface area contributed by atoms with Crippen LogP contribution < -0.4 is 0 Å². The van der Waals surface area contributed by atoms with Crippen molar-refractivity contribution in [1.29, 1.82) is 0 Å². The van der Waals surface area contributed by atoms with Crippen LogP contribution in [0.15, 0.2) is 90.0 Å². The quantitative estimate of drug-likeness (QED) is 0.194. The zero-order chi connectivity index (χ0) is 19.1. The molecule has 0 amide bonds. The zero-order valence-electron chi connectivity index (χ0n) is 14.2. The van der Waals surface area contributed by atoms with Crippen molar-refractivity contribution < 1.29 is 14.3 Å². The van der Waals surface area contributed by atoms with E-state index in [1.165, 1.54) is 24.3 Å². The molecule has 3 rings (SSSR count). The molecule has 6 nitrogen and oxygen atoms in total. The molecule has 3 aromatic rings. The molecule has 27 heavy (non-hydrogen) atoms. The summed E-state index contributed by atoms with van der Waals surface area (Å²) in [6.07, 6.45) is -1.06. The Morgan fingerprint density at radius 3 is 2.00 bits per heavy atom. The first-order valence-electron chi connectivity index (χ1n) is 8.19. The molecule has 0 heterocycles. The Kier molecular flexibility index (Phi) is 5.62. The van der Waals surface area contributed by atoms with Crippen molar-refractivity contribution >= 4 is 17.4 Å². The van der Waals surface area contributed by atoms with Gasteiger partial charge in [0.25, 0.3) is 0 Å². The largest absolute Gasteiger partial charge is 0.445 e. The van der Waals surface area contributed by atoms with E-state index in [9.17, 15) is 9.59 Å². The van der Waals surface area contributed by atoms with E-state index in [0.717, 1.165) is 0 Å². The lowest BCUT2D eigenvalue weighted by Crippen LogP contribution is -2.20. The molecule has 0 saturated carbocycles. The van der Waals surface area contributed by atoms with Crippen LogP contribution in [0.5, 0.6) is 0 Å². The van der Waals surface area contributed by atoms with E-state index in [1.807, 2.05) is 12.1 Å². The van der Waals surface area contributed by atoms with Gasteiger partial charge in [0.05, 0.1) is 5.56 Å². The van der Waals surface area contributed by atoms with Gasteiger partial charge in [0.1, 0.15) is 0 Å². The smallest absolute Gasteiger partial charge is 0.339 e. The van der Waals surface area contributed by atoms with Gasteiger partial charge >= 0.3 is 5.97 Å². The predicted octanol–water partition coefficient (Wildman–Crippen LogP) is 5.41. The second-order valence-corrected chi connectivity index (χ2v) is 5.66. The average Bonchev–Trinajstić information content (AvgIpc) is 2.73. The maximum absolute atomic E-state index is 12.9. The highest BCUT2D eigenvalue weighted by atomic mass is 16.5. The molecule has 0 bridgehead atoms. The summed E-state index contributed by atoms with van der Waals surface area (Å²) in [7, 11) is 0. The van der Waals surface area contributed by atoms with Gasteiger partial charge in [-0.05, 0) is 17.7 Å². The van der Waals surface area contributed by atoms with Gasteiger partial charge in [0.15, 0.2) is 6.10 Å². The fourth-order valence-electron chi connectivity index (χ4n) is 2.55. The van der Waals surface area contributed by atoms with Crippen LogP contribution in [-0.2, 0) is 4.74 Å². The van der Waals surface area contributed by atoms with Gasteiger partial charge in [-0.1, -0.05) is 77.9 Å². The van der Waals surface area contributed by atoms with Crippen molar-refractivity contribution in [3.8, 4) is 0 Å². The Balaban J connectivity index is 1.88. The molecule has 1 unspecified atom stereocenters. The molecule has 0 aromatic heterocycles. The number of carbonyl (C=O) groups excluding carboxylic acids is 2. The summed E-state index contributed by atoms with van der Waals surface area (Å²) in [5.41, 5.74) is 10.1. The molecular formula is C21H15N3O3. The number of hydrogen-bond donors (Lipinski definition) is 0. The fraction of sp³-hybridized carbons (Fsp3) is 0.0476. The van der Waals surface area contributed by atoms with E-state index in [1.54, 1.807) is 48.5 Å². The maximum Gasteiger partial charge on any atom is 0.339 e. The van der Waals surface area contributed by atoms with Crippen LogP contribution in [0, 0.1) is 0 Å². The number of carbonyl (C=O) groups is 2. The molecule has 0 N–H and O–H groups in total. The summed E-state index contributed by atoms with van der Waals surface area (Å²) in [6, 6.07) is 23.5. The van der Waals surface area contributed by atoms with E-state index in [0.29, 0.717) is 16.8 Å². The summed E-state index contributed by atoms with van der Waals surface area (Å²) in [5.74, 6) is -0.943. The molecule has 0 aliphatic heterocycles. The van der Waals surface area contributed by atoms with Gasteiger partial charge in [0.2, 0.25) is 5.78 Å². The Labute approximate surface area is 155 Å². The summed E-state index contributed by atoms with van der Waals surface area (Å²) in [4.78, 5) is 28.2. The Bertz CT molecular complexity index is 980. The molecule has 0 spiro atoms. The number of ether oxygens (including phenoxy) is 1. The SMILES string of the molecule is [N-]=[N+]=Nc1ccc(C(=O)OC(C(=O)c2ccccc2)c2ccccc2)cc1. The highest BCUT2D eigenvalue weighted by Gasteiger charge is 2.26. The van der Waals surface area contributed by atoms with Gasteiger partial charge < -0.3 is 4.74 Å². The van der Waals surface area contributed by atoms with Gasteiger partial charge in [-0.3, -0.25) is 4.79 Å². The summed E-state index contributed by atoms with van der Waals surface area (Å²) in [6.45, 7) is 0. The lowest BCUT2D eigenvalue weighted by atomic mass is 10.00. The van der Waals surface area contributed by atoms with Crippen molar-refractivity contribution in [3.63, 3.8) is 0 Å². The number of ketones is 1. The Hall–Kier alpha value is -3.89. The van der Waals surface area contributed by atoms with E-state index >= 15 is 0 Å². The van der Waals surface area contributed by atoms with Crippen molar-refractivity contribution in [1.82, 2.24) is 0 Å². The minimum Gasteiger partial charge on any atom is -0.445 e. The minimum atomic E-state index is -1.06. The molecule has 132 valence electrons. The summed E-state index contributed by atoms with van der Waals surface area (Å²) in [5, 5.41) is 3.46. The number of rotatable bonds is 6. The normalized spacial score (nSPS) is 11.1. The second kappa shape index (κ2) is 8.47. The number of Topliss-reactive ketones (excluding diaryl/α,β-unsaturated/α-hetero) is 1. The molecular weight excluding hydrogens is 342 g/mol. The average molecular weight is 357 g/mol. The van der Waals surface area contributed by atoms with Crippen molar-refractivity contribution in [2.24, 2.45) is 5.11 Å². The Morgan fingerprint density at radius 2 is 1.41 bits per heavy atom. The van der Waals surface area contributed by atoms with Gasteiger partial charge in [-0.25, -0.2) is 4.79 Å². The van der Waals surface area contributed by atoms with Crippen LogP contribution in [0.3, 0.4) is 0 Å². The fourth-order valence-corrected chi connectivity index (χ4v) is 2.55. The van der Waals surface area contributed by atoms with E-state index < -0.39 is 12.1 Å². The maximum atomic E-state index is 12.9. The summed E-state index contributed by atoms with van der Waals surface area (Å²) >= 11 is 0. The van der Waals surface area contributed by atoms with Gasteiger partial charge in [0, 0.05) is 21.7 Å². The molecule has 0 aliphatic rings. The Morgan fingerprint density at radius 1 is 0.815 bits per heavy atom. The first-order chi connectivity index (χ1) is 13.2. The first kappa shape index (κ1) is 17.9. The van der Waals surface area contributed by atoms with Crippen LogP contribution in [0.2, 0.25) is 0 Å². The number of azide groups is 1. The van der Waals surface area contributed by atoms with Crippen molar-refractivity contribution in [2.75, 3.05) is 0 Å². The third kappa shape index (κ3) is 4.39. The van der Waals surface area contributed by atoms with Crippen LogP contribution in [0.4, 0.5) is 5.69 Å². The van der Waals surface area contributed by atoms with Crippen LogP contribution in [-0.4, -0.2) is 11.8 Å². The molecule has 0 aliphatic carbocycles. The third-order valence-electron chi connectivity index (χ3n) is 3.89. The molecule has 0 radical (unpaired) electrons. The summed E-state index contributed by atoms with van der Waals surface area (Å²) < 4.78 is 5.55. The van der Waals surface area contributed by atoms with Gasteiger partial charge in [-0.15, -0.1) is 0 Å². The molecule has 3 aromatic carbocycles. The van der Waals surface area contributed by atoms with Crippen LogP contribution in [0.25, 0.3) is 10.4 Å². The second-order valence-electron chi connectivity index (χ2n) is 5.66. The number of esters is 1. The molecule has 6 heteroatoms. The monoisotopic (exact) mass is 357 g/mol. The topological polar surface area (TPSA) is 92.1 Å². The molecule has 1 atom stereocenters. The highest BCUT2D eigenvalue weighted by Crippen LogP contribution is 2.24. The van der Waals surface area contributed by atoms with Gasteiger partial charge in [-0.2, -0.15) is 0 Å².